The van der Waals surface area contributed by atoms with Crippen LogP contribution >= 0.6 is 0 Å². The van der Waals surface area contributed by atoms with E-state index in [9.17, 15) is 0 Å². The standard InChI is InChI=1S/C22H42N6.2CH4O/c1-19-17-21(3,4)25-12-16-28(14-8-10-24)20(2)18-22(5,6)26-11-15-27(19)13-7-9-23;2*1-2/h19-20,25-26H,7-8,11-18H2,1-6H3;2*2H,1H3/t19-,20+;;. The van der Waals surface area contributed by atoms with Gasteiger partial charge in [0.05, 0.1) is 12.1 Å². The molecule has 0 radical (unpaired) electrons. The van der Waals surface area contributed by atoms with Crippen LogP contribution in [0.1, 0.15) is 67.2 Å². The van der Waals surface area contributed by atoms with Gasteiger partial charge in [-0.15, -0.1) is 0 Å². The Morgan fingerprint density at radius 2 is 1.06 bits per heavy atom. The van der Waals surface area contributed by atoms with Crippen LogP contribution in [0.15, 0.2) is 0 Å². The van der Waals surface area contributed by atoms with E-state index in [4.69, 9.17) is 20.7 Å². The van der Waals surface area contributed by atoms with Crippen LogP contribution in [0.4, 0.5) is 0 Å². The smallest absolute Gasteiger partial charge is 0.0635 e. The van der Waals surface area contributed by atoms with Gasteiger partial charge in [0.1, 0.15) is 0 Å². The third kappa shape index (κ3) is 14.7. The van der Waals surface area contributed by atoms with Crippen LogP contribution in [0.25, 0.3) is 0 Å². The van der Waals surface area contributed by atoms with E-state index >= 15 is 0 Å². The van der Waals surface area contributed by atoms with Crippen LogP contribution < -0.4 is 10.6 Å². The van der Waals surface area contributed by atoms with Crippen molar-refractivity contribution in [1.82, 2.24) is 20.4 Å². The number of aliphatic hydroxyl groups is 2. The first kappa shape index (κ1) is 32.9. The summed E-state index contributed by atoms with van der Waals surface area (Å²) < 4.78 is 0. The van der Waals surface area contributed by atoms with Crippen LogP contribution in [0.5, 0.6) is 0 Å². The van der Waals surface area contributed by atoms with Crippen LogP contribution in [0.2, 0.25) is 0 Å². The van der Waals surface area contributed by atoms with Gasteiger partial charge in [0.2, 0.25) is 0 Å². The van der Waals surface area contributed by atoms with Gasteiger partial charge in [-0.05, 0) is 54.4 Å². The van der Waals surface area contributed by atoms with Crippen molar-refractivity contribution in [2.24, 2.45) is 0 Å². The van der Waals surface area contributed by atoms with Gasteiger partial charge >= 0.3 is 0 Å². The second kappa shape index (κ2) is 18.2. The average molecular weight is 455 g/mol. The van der Waals surface area contributed by atoms with E-state index in [2.05, 4.69) is 74.1 Å². The van der Waals surface area contributed by atoms with Crippen LogP contribution in [-0.2, 0) is 0 Å². The molecule has 0 aromatic rings. The minimum absolute atomic E-state index is 0.0330. The van der Waals surface area contributed by atoms with Gasteiger partial charge < -0.3 is 20.8 Å². The van der Waals surface area contributed by atoms with E-state index in [-0.39, 0.29) is 11.1 Å². The number of rotatable bonds is 4. The summed E-state index contributed by atoms with van der Waals surface area (Å²) in [5, 5.41) is 39.5. The van der Waals surface area contributed by atoms with Crippen molar-refractivity contribution in [2.75, 3.05) is 53.5 Å². The Hall–Kier alpha value is -1.26. The summed E-state index contributed by atoms with van der Waals surface area (Å²) in [5.74, 6) is 0. The summed E-state index contributed by atoms with van der Waals surface area (Å²) in [6, 6.07) is 5.43. The number of nitriles is 2. The molecule has 0 amide bonds. The molecule has 188 valence electrons. The first-order valence-electron chi connectivity index (χ1n) is 11.7. The molecule has 4 N–H and O–H groups in total. The fraction of sp³-hybridized carbons (Fsp3) is 0.917. The minimum atomic E-state index is 0.0330. The van der Waals surface area contributed by atoms with E-state index in [0.29, 0.717) is 24.9 Å². The lowest BCUT2D eigenvalue weighted by atomic mass is 9.93. The van der Waals surface area contributed by atoms with Crippen molar-refractivity contribution < 1.29 is 10.2 Å². The van der Waals surface area contributed by atoms with Gasteiger partial charge in [-0.1, -0.05) is 0 Å². The molecular weight excluding hydrogens is 404 g/mol. The monoisotopic (exact) mass is 454 g/mol. The largest absolute Gasteiger partial charge is 0.400 e. The fourth-order valence-corrected chi connectivity index (χ4v) is 4.45. The van der Waals surface area contributed by atoms with E-state index in [1.807, 2.05) is 0 Å². The molecule has 0 unspecified atom stereocenters. The maximum Gasteiger partial charge on any atom is 0.0635 e. The van der Waals surface area contributed by atoms with Gasteiger partial charge in [0.25, 0.3) is 0 Å². The van der Waals surface area contributed by atoms with E-state index in [0.717, 1.165) is 66.3 Å². The van der Waals surface area contributed by atoms with Gasteiger partial charge in [0, 0.05) is 89.5 Å². The maximum atomic E-state index is 9.03. The summed E-state index contributed by atoms with van der Waals surface area (Å²) in [6.45, 7) is 19.0. The summed E-state index contributed by atoms with van der Waals surface area (Å²) in [7, 11) is 2.00. The highest BCUT2D eigenvalue weighted by Gasteiger charge is 2.28. The second-order valence-electron chi connectivity index (χ2n) is 9.62. The minimum Gasteiger partial charge on any atom is -0.400 e. The molecule has 8 heteroatoms. The van der Waals surface area contributed by atoms with Crippen molar-refractivity contribution in [3.63, 3.8) is 0 Å². The molecule has 1 saturated heterocycles. The van der Waals surface area contributed by atoms with Gasteiger partial charge in [-0.2, -0.15) is 10.5 Å². The SMILES string of the molecule is CO.CO.C[C@@H]1CC(C)(C)NCCN(CCC#N)[C@@H](C)CC(C)(C)NCCN1CCC#N. The zero-order chi connectivity index (χ0) is 25.2. The zero-order valence-corrected chi connectivity index (χ0v) is 21.9. The molecular formula is C24H50N6O2. The Kier molecular flexibility index (Phi) is 18.7. The van der Waals surface area contributed by atoms with Crippen molar-refractivity contribution in [2.45, 2.75) is 90.4 Å². The lowest BCUT2D eigenvalue weighted by Crippen LogP contribution is -2.53. The molecule has 1 aliphatic rings. The van der Waals surface area contributed by atoms with E-state index < -0.39 is 0 Å². The molecule has 2 atom stereocenters. The molecule has 0 saturated carbocycles. The summed E-state index contributed by atoms with van der Waals surface area (Å²) >= 11 is 0. The molecule has 32 heavy (non-hydrogen) atoms. The van der Waals surface area contributed by atoms with Crippen molar-refractivity contribution in [1.29, 1.82) is 10.5 Å². The van der Waals surface area contributed by atoms with E-state index in [1.54, 1.807) is 0 Å². The van der Waals surface area contributed by atoms with Crippen molar-refractivity contribution >= 4 is 0 Å². The van der Waals surface area contributed by atoms with Gasteiger partial charge in [-0.3, -0.25) is 9.80 Å². The Bertz CT molecular complexity index is 494. The summed E-state index contributed by atoms with van der Waals surface area (Å²) in [4.78, 5) is 4.90. The molecule has 0 aliphatic carbocycles. The number of hydrogen-bond acceptors (Lipinski definition) is 8. The van der Waals surface area contributed by atoms with Crippen LogP contribution in [-0.4, -0.2) is 96.7 Å². The third-order valence-corrected chi connectivity index (χ3v) is 5.88. The Morgan fingerprint density at radius 1 is 0.750 bits per heavy atom. The Morgan fingerprint density at radius 3 is 1.34 bits per heavy atom. The van der Waals surface area contributed by atoms with Crippen LogP contribution in [0.3, 0.4) is 0 Å². The average Bonchev–Trinajstić information content (AvgIpc) is 2.74. The van der Waals surface area contributed by atoms with Crippen molar-refractivity contribution in [3.05, 3.63) is 0 Å². The first-order chi connectivity index (χ1) is 15.1. The number of nitrogens with zero attached hydrogens (tertiary/aromatic N) is 4. The quantitative estimate of drug-likeness (QED) is 0.509. The summed E-state index contributed by atoms with van der Waals surface area (Å²) in [6.07, 6.45) is 3.23. The highest BCUT2D eigenvalue weighted by molar-refractivity contribution is 4.89. The predicted molar refractivity (Wildman–Crippen MR) is 132 cm³/mol. The summed E-state index contributed by atoms with van der Waals surface area (Å²) in [5.41, 5.74) is 0.0660. The molecule has 1 fully saturated rings. The molecule has 0 bridgehead atoms. The normalized spacial score (nSPS) is 24.9. The molecule has 0 aromatic heterocycles. The predicted octanol–water partition coefficient (Wildman–Crippen LogP) is 1.94. The van der Waals surface area contributed by atoms with Crippen molar-refractivity contribution in [3.8, 4) is 12.1 Å². The first-order valence-corrected chi connectivity index (χ1v) is 11.7. The Labute approximate surface area is 197 Å². The highest BCUT2D eigenvalue weighted by Crippen LogP contribution is 2.19. The maximum absolute atomic E-state index is 9.03. The highest BCUT2D eigenvalue weighted by atomic mass is 16.2. The number of aliphatic hydroxyl groups excluding tert-OH is 2. The molecule has 0 spiro atoms. The fourth-order valence-electron chi connectivity index (χ4n) is 4.45. The van der Waals surface area contributed by atoms with Crippen LogP contribution in [0, 0.1) is 22.7 Å². The second-order valence-corrected chi connectivity index (χ2v) is 9.62. The van der Waals surface area contributed by atoms with Gasteiger partial charge in [0.15, 0.2) is 0 Å². The molecule has 1 aliphatic heterocycles. The lowest BCUT2D eigenvalue weighted by Gasteiger charge is -2.40. The number of hydrogen-bond donors (Lipinski definition) is 4. The van der Waals surface area contributed by atoms with E-state index in [1.165, 1.54) is 0 Å². The zero-order valence-electron chi connectivity index (χ0n) is 21.9. The molecule has 1 rings (SSSR count). The third-order valence-electron chi connectivity index (χ3n) is 5.88. The Balaban J connectivity index is 0. The molecule has 1 heterocycles. The van der Waals surface area contributed by atoms with Gasteiger partial charge in [-0.25, -0.2) is 0 Å². The topological polar surface area (TPSA) is 119 Å². The lowest BCUT2D eigenvalue weighted by molar-refractivity contribution is 0.135. The molecule has 0 aromatic carbocycles. The molecule has 8 nitrogen and oxygen atoms in total. The number of nitrogens with one attached hydrogen (secondary N) is 2.